The van der Waals surface area contributed by atoms with Gasteiger partial charge in [0, 0.05) is 23.3 Å². The Kier molecular flexibility index (Phi) is 4.51. The highest BCUT2D eigenvalue weighted by molar-refractivity contribution is 5.87. The van der Waals surface area contributed by atoms with Crippen molar-refractivity contribution < 1.29 is 23.7 Å². The van der Waals surface area contributed by atoms with E-state index in [0.29, 0.717) is 18.1 Å². The fourth-order valence-electron chi connectivity index (χ4n) is 2.79. The fraction of sp³-hybridized carbons (Fsp3) is 0.263. The monoisotopic (exact) mass is 328 g/mol. The number of ether oxygens (including phenoxy) is 5. The van der Waals surface area contributed by atoms with Gasteiger partial charge in [0.2, 0.25) is 0 Å². The topological polar surface area (TPSA) is 46.2 Å². The van der Waals surface area contributed by atoms with Crippen LogP contribution in [0.3, 0.4) is 0 Å². The number of rotatable bonds is 5. The maximum atomic E-state index is 5.76. The molecule has 3 rings (SSSR count). The summed E-state index contributed by atoms with van der Waals surface area (Å²) in [5.41, 5.74) is 2.93. The molecule has 5 heteroatoms. The maximum Gasteiger partial charge on any atom is 0.164 e. The lowest BCUT2D eigenvalue weighted by molar-refractivity contribution is 0.336. The van der Waals surface area contributed by atoms with Gasteiger partial charge in [-0.25, -0.2) is 0 Å². The van der Waals surface area contributed by atoms with E-state index in [1.165, 1.54) is 0 Å². The SMILES string of the molecule is COc1ccc(C2=CCOc3cc(OC)c(OC)cc32)c(OC)c1. The molecule has 0 bridgehead atoms. The molecule has 0 amide bonds. The van der Waals surface area contributed by atoms with Crippen LogP contribution in [0.15, 0.2) is 36.4 Å². The summed E-state index contributed by atoms with van der Waals surface area (Å²) < 4.78 is 27.3. The summed E-state index contributed by atoms with van der Waals surface area (Å²) in [6.45, 7) is 0.479. The van der Waals surface area contributed by atoms with Gasteiger partial charge in [-0.2, -0.15) is 0 Å². The molecule has 0 aliphatic carbocycles. The van der Waals surface area contributed by atoms with Crippen LogP contribution in [0.25, 0.3) is 5.57 Å². The van der Waals surface area contributed by atoms with Crippen LogP contribution in [-0.2, 0) is 0 Å². The molecule has 2 aromatic rings. The molecule has 126 valence electrons. The second kappa shape index (κ2) is 6.74. The molecular weight excluding hydrogens is 308 g/mol. The molecule has 1 aliphatic heterocycles. The first-order valence-corrected chi connectivity index (χ1v) is 7.53. The Bertz CT molecular complexity index is 780. The molecule has 24 heavy (non-hydrogen) atoms. The second-order valence-electron chi connectivity index (χ2n) is 5.20. The third-order valence-corrected chi connectivity index (χ3v) is 4.00. The highest BCUT2D eigenvalue weighted by Crippen LogP contribution is 2.44. The average Bonchev–Trinajstić information content (AvgIpc) is 2.65. The quantitative estimate of drug-likeness (QED) is 0.840. The Morgan fingerprint density at radius 2 is 1.46 bits per heavy atom. The van der Waals surface area contributed by atoms with Crippen molar-refractivity contribution >= 4 is 5.57 Å². The third kappa shape index (κ3) is 2.73. The summed E-state index contributed by atoms with van der Waals surface area (Å²) in [6.07, 6.45) is 2.03. The largest absolute Gasteiger partial charge is 0.497 e. The van der Waals surface area contributed by atoms with Crippen molar-refractivity contribution in [2.75, 3.05) is 35.0 Å². The zero-order valence-electron chi connectivity index (χ0n) is 14.2. The zero-order chi connectivity index (χ0) is 17.1. The third-order valence-electron chi connectivity index (χ3n) is 4.00. The van der Waals surface area contributed by atoms with Crippen LogP contribution in [0.4, 0.5) is 0 Å². The molecule has 1 heterocycles. The molecule has 0 radical (unpaired) electrons. The highest BCUT2D eigenvalue weighted by Gasteiger charge is 2.22. The number of benzene rings is 2. The minimum absolute atomic E-state index is 0.479. The standard InChI is InChI=1S/C19H20O5/c1-20-12-5-6-14(16(9-12)21-2)13-7-8-24-17-11-19(23-4)18(22-3)10-15(13)17/h5-7,9-11H,8H2,1-4H3. The van der Waals surface area contributed by atoms with E-state index in [2.05, 4.69) is 0 Å². The molecule has 0 spiro atoms. The van der Waals surface area contributed by atoms with E-state index in [0.717, 1.165) is 33.9 Å². The van der Waals surface area contributed by atoms with Crippen LogP contribution in [0.5, 0.6) is 28.7 Å². The summed E-state index contributed by atoms with van der Waals surface area (Å²) in [4.78, 5) is 0. The smallest absolute Gasteiger partial charge is 0.164 e. The predicted octanol–water partition coefficient (Wildman–Crippen LogP) is 3.55. The van der Waals surface area contributed by atoms with E-state index in [-0.39, 0.29) is 0 Å². The van der Waals surface area contributed by atoms with E-state index >= 15 is 0 Å². The van der Waals surface area contributed by atoms with Crippen molar-refractivity contribution in [1.82, 2.24) is 0 Å². The minimum atomic E-state index is 0.479. The van der Waals surface area contributed by atoms with Gasteiger partial charge in [0.15, 0.2) is 11.5 Å². The summed E-state index contributed by atoms with van der Waals surface area (Å²) in [5.74, 6) is 3.53. The predicted molar refractivity (Wildman–Crippen MR) is 91.7 cm³/mol. The van der Waals surface area contributed by atoms with Gasteiger partial charge >= 0.3 is 0 Å². The van der Waals surface area contributed by atoms with Crippen LogP contribution in [0, 0.1) is 0 Å². The zero-order valence-corrected chi connectivity index (χ0v) is 14.2. The Labute approximate surface area is 141 Å². The van der Waals surface area contributed by atoms with Gasteiger partial charge in [-0.3, -0.25) is 0 Å². The van der Waals surface area contributed by atoms with Crippen molar-refractivity contribution in [3.05, 3.63) is 47.5 Å². The Morgan fingerprint density at radius 3 is 2.12 bits per heavy atom. The fourth-order valence-corrected chi connectivity index (χ4v) is 2.79. The molecule has 0 N–H and O–H groups in total. The molecule has 5 nitrogen and oxygen atoms in total. The highest BCUT2D eigenvalue weighted by atomic mass is 16.5. The van der Waals surface area contributed by atoms with Gasteiger partial charge < -0.3 is 23.7 Å². The number of fused-ring (bicyclic) bond motifs is 1. The molecule has 0 atom stereocenters. The van der Waals surface area contributed by atoms with Crippen LogP contribution in [0.1, 0.15) is 11.1 Å². The minimum Gasteiger partial charge on any atom is -0.497 e. The molecule has 1 aliphatic rings. The van der Waals surface area contributed by atoms with Gasteiger partial charge in [-0.15, -0.1) is 0 Å². The number of hydrogen-bond acceptors (Lipinski definition) is 5. The molecule has 2 aromatic carbocycles. The lowest BCUT2D eigenvalue weighted by Crippen LogP contribution is -2.07. The summed E-state index contributed by atoms with van der Waals surface area (Å²) in [6, 6.07) is 9.52. The first-order chi connectivity index (χ1) is 11.7. The van der Waals surface area contributed by atoms with E-state index < -0.39 is 0 Å². The normalized spacial score (nSPS) is 12.6. The van der Waals surface area contributed by atoms with Crippen molar-refractivity contribution in [2.45, 2.75) is 0 Å². The molecule has 0 unspecified atom stereocenters. The van der Waals surface area contributed by atoms with Crippen molar-refractivity contribution in [3.8, 4) is 28.7 Å². The summed E-state index contributed by atoms with van der Waals surface area (Å²) in [7, 11) is 6.50. The van der Waals surface area contributed by atoms with E-state index in [1.807, 2.05) is 36.4 Å². The van der Waals surface area contributed by atoms with E-state index in [1.54, 1.807) is 28.4 Å². The molecule has 0 saturated carbocycles. The van der Waals surface area contributed by atoms with Crippen LogP contribution < -0.4 is 23.7 Å². The Hall–Kier alpha value is -2.82. The Balaban J connectivity index is 2.13. The molecular formula is C19H20O5. The van der Waals surface area contributed by atoms with Gasteiger partial charge in [0.1, 0.15) is 23.9 Å². The summed E-state index contributed by atoms with van der Waals surface area (Å²) in [5, 5.41) is 0. The molecule has 0 aromatic heterocycles. The second-order valence-corrected chi connectivity index (χ2v) is 5.20. The van der Waals surface area contributed by atoms with Crippen molar-refractivity contribution in [2.24, 2.45) is 0 Å². The lowest BCUT2D eigenvalue weighted by atomic mass is 9.94. The molecule has 0 fully saturated rings. The van der Waals surface area contributed by atoms with Gasteiger partial charge in [-0.1, -0.05) is 0 Å². The first kappa shape index (κ1) is 16.1. The van der Waals surface area contributed by atoms with E-state index in [9.17, 15) is 0 Å². The number of methoxy groups -OCH3 is 4. The van der Waals surface area contributed by atoms with Crippen LogP contribution in [0.2, 0.25) is 0 Å². The average molecular weight is 328 g/mol. The van der Waals surface area contributed by atoms with E-state index in [4.69, 9.17) is 23.7 Å². The Morgan fingerprint density at radius 1 is 0.750 bits per heavy atom. The maximum absolute atomic E-state index is 5.76. The van der Waals surface area contributed by atoms with Crippen molar-refractivity contribution in [1.29, 1.82) is 0 Å². The van der Waals surface area contributed by atoms with Gasteiger partial charge in [-0.05, 0) is 29.8 Å². The van der Waals surface area contributed by atoms with Crippen LogP contribution >= 0.6 is 0 Å². The van der Waals surface area contributed by atoms with Crippen LogP contribution in [-0.4, -0.2) is 35.0 Å². The lowest BCUT2D eigenvalue weighted by Gasteiger charge is -2.22. The molecule has 0 saturated heterocycles. The van der Waals surface area contributed by atoms with Gasteiger partial charge in [0.05, 0.1) is 28.4 Å². The van der Waals surface area contributed by atoms with Gasteiger partial charge in [0.25, 0.3) is 0 Å². The summed E-state index contributed by atoms with van der Waals surface area (Å²) >= 11 is 0. The number of hydrogen-bond donors (Lipinski definition) is 0. The van der Waals surface area contributed by atoms with Crippen molar-refractivity contribution in [3.63, 3.8) is 0 Å². The first-order valence-electron chi connectivity index (χ1n) is 7.53.